The third kappa shape index (κ3) is 5.56. The quantitative estimate of drug-likeness (QED) is 0.424. The fraction of sp³-hybridized carbons (Fsp3) is 0.423. The minimum Gasteiger partial charge on any atom is -0.479 e. The third-order valence-electron chi connectivity index (χ3n) is 6.17. The molecular formula is C26H32N2O6. The molecule has 0 saturated heterocycles. The molecule has 0 spiro atoms. The van der Waals surface area contributed by atoms with Gasteiger partial charge in [-0.25, -0.2) is 9.59 Å². The number of amides is 2. The number of carboxylic acid groups (broad SMARTS) is 1. The number of alkyl carbamates (subject to hydrolysis) is 1. The Labute approximate surface area is 199 Å². The third-order valence-corrected chi connectivity index (χ3v) is 6.17. The molecule has 0 saturated carbocycles. The van der Waals surface area contributed by atoms with Gasteiger partial charge in [-0.15, -0.1) is 0 Å². The maximum Gasteiger partial charge on any atom is 0.407 e. The van der Waals surface area contributed by atoms with Crippen molar-refractivity contribution in [2.45, 2.75) is 51.1 Å². The van der Waals surface area contributed by atoms with Crippen LogP contribution in [0.3, 0.4) is 0 Å². The molecule has 0 aromatic heterocycles. The molecule has 2 aromatic rings. The molecule has 0 aliphatic heterocycles. The van der Waals surface area contributed by atoms with Crippen molar-refractivity contribution in [3.63, 3.8) is 0 Å². The molecule has 182 valence electrons. The molecule has 0 heterocycles. The Morgan fingerprint density at radius 2 is 1.56 bits per heavy atom. The van der Waals surface area contributed by atoms with E-state index in [1.807, 2.05) is 62.4 Å². The lowest BCUT2D eigenvalue weighted by molar-refractivity contribution is -0.149. The summed E-state index contributed by atoms with van der Waals surface area (Å²) < 4.78 is 5.54. The fourth-order valence-electron chi connectivity index (χ4n) is 4.07. The Bertz CT molecular complexity index is 1010. The number of hydrogen-bond acceptors (Lipinski definition) is 5. The lowest BCUT2D eigenvalue weighted by Gasteiger charge is -2.27. The van der Waals surface area contributed by atoms with Crippen LogP contribution >= 0.6 is 0 Å². The summed E-state index contributed by atoms with van der Waals surface area (Å²) in [5.74, 6) is -1.91. The second kappa shape index (κ2) is 10.7. The van der Waals surface area contributed by atoms with Crippen LogP contribution in [0.4, 0.5) is 4.79 Å². The number of carbonyl (C=O) groups is 3. The number of aliphatic hydroxyl groups is 1. The molecule has 34 heavy (non-hydrogen) atoms. The zero-order chi connectivity index (χ0) is 24.9. The predicted octanol–water partition coefficient (Wildman–Crippen LogP) is 3.28. The number of nitrogens with one attached hydrogen (secondary N) is 2. The summed E-state index contributed by atoms with van der Waals surface area (Å²) in [6, 6.07) is 15.0. The number of aliphatic carboxylic acids is 1. The van der Waals surface area contributed by atoms with E-state index in [9.17, 15) is 24.6 Å². The van der Waals surface area contributed by atoms with Crippen LogP contribution in [0.25, 0.3) is 11.1 Å². The van der Waals surface area contributed by atoms with Crippen LogP contribution in [0, 0.1) is 5.92 Å². The van der Waals surface area contributed by atoms with Crippen LogP contribution in [0.2, 0.25) is 0 Å². The van der Waals surface area contributed by atoms with Gasteiger partial charge in [-0.3, -0.25) is 4.79 Å². The summed E-state index contributed by atoms with van der Waals surface area (Å²) in [5.41, 5.74) is 2.52. The van der Waals surface area contributed by atoms with E-state index >= 15 is 0 Å². The molecule has 8 nitrogen and oxygen atoms in total. The molecule has 0 fully saturated rings. The average molecular weight is 469 g/mol. The van der Waals surface area contributed by atoms with Crippen molar-refractivity contribution in [3.05, 3.63) is 59.7 Å². The molecule has 0 bridgehead atoms. The maximum absolute atomic E-state index is 12.8. The molecule has 2 atom stereocenters. The van der Waals surface area contributed by atoms with Crippen molar-refractivity contribution in [3.8, 4) is 11.1 Å². The number of rotatable bonds is 10. The molecule has 1 aliphatic rings. The Morgan fingerprint density at radius 1 is 1.00 bits per heavy atom. The van der Waals surface area contributed by atoms with Crippen LogP contribution in [0.1, 0.15) is 50.7 Å². The summed E-state index contributed by atoms with van der Waals surface area (Å²) in [7, 11) is 0. The Hall–Kier alpha value is -3.39. The van der Waals surface area contributed by atoms with Crippen LogP contribution in [-0.4, -0.2) is 53.0 Å². The molecule has 1 aliphatic carbocycles. The highest BCUT2D eigenvalue weighted by atomic mass is 16.5. The van der Waals surface area contributed by atoms with E-state index < -0.39 is 36.2 Å². The molecule has 0 radical (unpaired) electrons. The number of benzene rings is 2. The molecule has 2 aromatic carbocycles. The minimum absolute atomic E-state index is 0.0991. The van der Waals surface area contributed by atoms with E-state index in [0.29, 0.717) is 12.8 Å². The monoisotopic (exact) mass is 468 g/mol. The van der Waals surface area contributed by atoms with Crippen molar-refractivity contribution in [2.75, 3.05) is 13.2 Å². The molecular weight excluding hydrogens is 436 g/mol. The van der Waals surface area contributed by atoms with E-state index in [1.54, 1.807) is 0 Å². The van der Waals surface area contributed by atoms with Gasteiger partial charge < -0.3 is 25.6 Å². The van der Waals surface area contributed by atoms with E-state index in [1.165, 1.54) is 6.92 Å². The van der Waals surface area contributed by atoms with Crippen molar-refractivity contribution in [1.29, 1.82) is 0 Å². The maximum atomic E-state index is 12.8. The largest absolute Gasteiger partial charge is 0.479 e. The van der Waals surface area contributed by atoms with E-state index in [2.05, 4.69) is 10.6 Å². The number of hydrogen-bond donors (Lipinski definition) is 4. The van der Waals surface area contributed by atoms with Gasteiger partial charge in [0, 0.05) is 5.92 Å². The first-order valence-corrected chi connectivity index (χ1v) is 11.4. The molecule has 4 N–H and O–H groups in total. The van der Waals surface area contributed by atoms with Gasteiger partial charge in [0.15, 0.2) is 5.54 Å². The SMILES string of the molecule is CC(C)CCC(NC(=O)OCC1c2ccccc2-c2ccccc21)C(=O)NC(C)(CO)C(=O)O. The number of carbonyl (C=O) groups excluding carboxylic acids is 2. The second-order valence-electron chi connectivity index (χ2n) is 9.28. The lowest BCUT2D eigenvalue weighted by atomic mass is 9.98. The highest BCUT2D eigenvalue weighted by Gasteiger charge is 2.37. The van der Waals surface area contributed by atoms with E-state index in [0.717, 1.165) is 22.3 Å². The van der Waals surface area contributed by atoms with Crippen LogP contribution in [0.15, 0.2) is 48.5 Å². The number of ether oxygens (including phenoxy) is 1. The van der Waals surface area contributed by atoms with Crippen molar-refractivity contribution < 1.29 is 29.3 Å². The van der Waals surface area contributed by atoms with Crippen LogP contribution < -0.4 is 10.6 Å². The molecule has 8 heteroatoms. The number of carboxylic acids is 1. The second-order valence-corrected chi connectivity index (χ2v) is 9.28. The average Bonchev–Trinajstić information content (AvgIpc) is 3.13. The molecule has 2 amide bonds. The first kappa shape index (κ1) is 25.2. The fourth-order valence-corrected chi connectivity index (χ4v) is 4.07. The van der Waals surface area contributed by atoms with Gasteiger partial charge >= 0.3 is 12.1 Å². The Balaban J connectivity index is 1.69. The van der Waals surface area contributed by atoms with E-state index in [-0.39, 0.29) is 18.4 Å². The van der Waals surface area contributed by atoms with Crippen LogP contribution in [-0.2, 0) is 14.3 Å². The van der Waals surface area contributed by atoms with Gasteiger partial charge in [0.25, 0.3) is 0 Å². The molecule has 3 rings (SSSR count). The number of aliphatic hydroxyl groups excluding tert-OH is 1. The highest BCUT2D eigenvalue weighted by molar-refractivity contribution is 5.91. The van der Waals surface area contributed by atoms with Gasteiger partial charge in [-0.2, -0.15) is 0 Å². The van der Waals surface area contributed by atoms with Gasteiger partial charge in [0.2, 0.25) is 5.91 Å². The summed E-state index contributed by atoms with van der Waals surface area (Å²) in [5, 5.41) is 23.7. The predicted molar refractivity (Wildman–Crippen MR) is 127 cm³/mol. The standard InChI is InChI=1S/C26H32N2O6/c1-16(2)12-13-22(23(30)28-26(3,15-29)24(31)32)27-25(33)34-14-21-19-10-6-4-8-17(19)18-9-5-7-11-20(18)21/h4-11,16,21-22,29H,12-15H2,1-3H3,(H,27,33)(H,28,30)(H,31,32). The summed E-state index contributed by atoms with van der Waals surface area (Å²) in [6.45, 7) is 4.49. The highest BCUT2D eigenvalue weighted by Crippen LogP contribution is 2.44. The van der Waals surface area contributed by atoms with Gasteiger partial charge in [0.05, 0.1) is 6.61 Å². The Morgan fingerprint density at radius 3 is 2.06 bits per heavy atom. The van der Waals surface area contributed by atoms with Gasteiger partial charge in [-0.1, -0.05) is 62.4 Å². The van der Waals surface area contributed by atoms with Crippen molar-refractivity contribution in [1.82, 2.24) is 10.6 Å². The van der Waals surface area contributed by atoms with E-state index in [4.69, 9.17) is 4.74 Å². The summed E-state index contributed by atoms with van der Waals surface area (Å²) in [4.78, 5) is 36.9. The smallest absolute Gasteiger partial charge is 0.407 e. The minimum atomic E-state index is -1.85. The first-order chi connectivity index (χ1) is 16.2. The van der Waals surface area contributed by atoms with Crippen LogP contribution in [0.5, 0.6) is 0 Å². The summed E-state index contributed by atoms with van der Waals surface area (Å²) >= 11 is 0. The zero-order valence-corrected chi connectivity index (χ0v) is 19.7. The van der Waals surface area contributed by atoms with Crippen molar-refractivity contribution in [2.24, 2.45) is 5.92 Å². The zero-order valence-electron chi connectivity index (χ0n) is 19.7. The van der Waals surface area contributed by atoms with Crippen molar-refractivity contribution >= 4 is 18.0 Å². The topological polar surface area (TPSA) is 125 Å². The first-order valence-electron chi connectivity index (χ1n) is 11.4. The lowest BCUT2D eigenvalue weighted by Crippen LogP contribution is -2.59. The number of fused-ring (bicyclic) bond motifs is 3. The summed E-state index contributed by atoms with van der Waals surface area (Å²) in [6.07, 6.45) is 0.172. The normalized spacial score (nSPS) is 15.1. The Kier molecular flexibility index (Phi) is 7.94. The van der Waals surface area contributed by atoms with Gasteiger partial charge in [-0.05, 0) is 47.9 Å². The molecule has 2 unspecified atom stereocenters. The van der Waals surface area contributed by atoms with Gasteiger partial charge in [0.1, 0.15) is 12.6 Å².